The Bertz CT molecular complexity index is 795. The van der Waals surface area contributed by atoms with E-state index in [0.29, 0.717) is 28.8 Å². The van der Waals surface area contributed by atoms with E-state index in [0.717, 1.165) is 5.69 Å². The van der Waals surface area contributed by atoms with Crippen molar-refractivity contribution >= 4 is 46.4 Å². The molecule has 0 spiro atoms. The van der Waals surface area contributed by atoms with Crippen LogP contribution in [0.4, 0.5) is 11.4 Å². The second kappa shape index (κ2) is 7.46. The third-order valence-corrected chi connectivity index (χ3v) is 5.16. The maximum absolute atomic E-state index is 12.9. The highest BCUT2D eigenvalue weighted by Crippen LogP contribution is 2.36. The van der Waals surface area contributed by atoms with Crippen LogP contribution in [0.25, 0.3) is 0 Å². The summed E-state index contributed by atoms with van der Waals surface area (Å²) in [4.78, 5) is 28.7. The third-order valence-electron chi connectivity index (χ3n) is 4.35. The van der Waals surface area contributed by atoms with Crippen LogP contribution in [0.5, 0.6) is 0 Å². The second-order valence-electron chi connectivity index (χ2n) is 5.90. The van der Waals surface area contributed by atoms with E-state index in [1.807, 2.05) is 37.3 Å². The van der Waals surface area contributed by atoms with Crippen LogP contribution in [0.2, 0.25) is 10.0 Å². The number of carbonyl (C=O) groups is 2. The van der Waals surface area contributed by atoms with Gasteiger partial charge in [-0.15, -0.1) is 0 Å². The van der Waals surface area contributed by atoms with E-state index in [2.05, 4.69) is 0 Å². The van der Waals surface area contributed by atoms with Crippen molar-refractivity contribution in [3.8, 4) is 0 Å². The molecule has 25 heavy (non-hydrogen) atoms. The van der Waals surface area contributed by atoms with Crippen LogP contribution in [0, 0.1) is 5.92 Å². The second-order valence-corrected chi connectivity index (χ2v) is 6.68. The Balaban J connectivity index is 1.82. The summed E-state index contributed by atoms with van der Waals surface area (Å²) in [5.74, 6) is -0.572. The molecule has 1 atom stereocenters. The molecule has 1 fully saturated rings. The Labute approximate surface area is 156 Å². The highest BCUT2D eigenvalue weighted by atomic mass is 35.5. The quantitative estimate of drug-likeness (QED) is 0.793. The first kappa shape index (κ1) is 17.8. The number of carbonyl (C=O) groups excluding carboxylic acids is 2. The zero-order chi connectivity index (χ0) is 18.0. The van der Waals surface area contributed by atoms with Crippen LogP contribution in [0.3, 0.4) is 0 Å². The molecule has 2 aromatic carbocycles. The number of rotatable bonds is 4. The molecule has 6 heteroatoms. The van der Waals surface area contributed by atoms with Crippen LogP contribution in [0.15, 0.2) is 48.5 Å². The Morgan fingerprint density at radius 1 is 1.16 bits per heavy atom. The van der Waals surface area contributed by atoms with Crippen molar-refractivity contribution in [3.05, 3.63) is 58.6 Å². The van der Waals surface area contributed by atoms with E-state index in [1.165, 1.54) is 0 Å². The smallest absolute Gasteiger partial charge is 0.232 e. The minimum atomic E-state index is -0.400. The summed E-state index contributed by atoms with van der Waals surface area (Å²) >= 11 is 12.3. The van der Waals surface area contributed by atoms with Crippen LogP contribution in [0.1, 0.15) is 13.3 Å². The fourth-order valence-corrected chi connectivity index (χ4v) is 3.50. The van der Waals surface area contributed by atoms with Crippen molar-refractivity contribution in [3.63, 3.8) is 0 Å². The molecule has 130 valence electrons. The topological polar surface area (TPSA) is 40.6 Å². The fourth-order valence-electron chi connectivity index (χ4n) is 3.10. The van der Waals surface area contributed by atoms with Crippen LogP contribution in [-0.2, 0) is 9.59 Å². The number of amides is 2. The summed E-state index contributed by atoms with van der Waals surface area (Å²) in [6.45, 7) is 2.78. The highest BCUT2D eigenvalue weighted by Gasteiger charge is 2.38. The molecule has 0 bridgehead atoms. The molecule has 4 nitrogen and oxygen atoms in total. The molecule has 0 aromatic heterocycles. The number of halogens is 2. The molecule has 1 saturated heterocycles. The van der Waals surface area contributed by atoms with Crippen molar-refractivity contribution in [2.45, 2.75) is 13.3 Å². The monoisotopic (exact) mass is 376 g/mol. The number of para-hydroxylation sites is 1. The van der Waals surface area contributed by atoms with Gasteiger partial charge in [-0.3, -0.25) is 9.59 Å². The average Bonchev–Trinajstić information content (AvgIpc) is 3.00. The van der Waals surface area contributed by atoms with Gasteiger partial charge >= 0.3 is 0 Å². The fraction of sp³-hybridized carbons (Fsp3) is 0.263. The van der Waals surface area contributed by atoms with Gasteiger partial charge in [0, 0.05) is 25.2 Å². The number of hydrogen-bond acceptors (Lipinski definition) is 2. The van der Waals surface area contributed by atoms with E-state index < -0.39 is 5.92 Å². The summed E-state index contributed by atoms with van der Waals surface area (Å²) in [6.07, 6.45) is 0.172. The van der Waals surface area contributed by atoms with Gasteiger partial charge in [0.05, 0.1) is 21.7 Å². The molecular formula is C19H18Cl2N2O2. The predicted molar refractivity (Wildman–Crippen MR) is 101 cm³/mol. The zero-order valence-corrected chi connectivity index (χ0v) is 15.3. The lowest BCUT2D eigenvalue weighted by atomic mass is 10.1. The lowest BCUT2D eigenvalue weighted by Gasteiger charge is -2.24. The van der Waals surface area contributed by atoms with Crippen molar-refractivity contribution in [1.82, 2.24) is 0 Å². The molecule has 2 amide bonds. The normalized spacial score (nSPS) is 17.0. The summed E-state index contributed by atoms with van der Waals surface area (Å²) in [7, 11) is 0. The Morgan fingerprint density at radius 2 is 1.88 bits per heavy atom. The molecule has 0 aliphatic carbocycles. The molecule has 3 rings (SSSR count). The minimum absolute atomic E-state index is 0.0531. The Morgan fingerprint density at radius 3 is 2.56 bits per heavy atom. The van der Waals surface area contributed by atoms with Gasteiger partial charge in [-0.1, -0.05) is 47.5 Å². The number of anilines is 2. The number of hydrogen-bond donors (Lipinski definition) is 0. The average molecular weight is 377 g/mol. The molecule has 0 radical (unpaired) electrons. The first-order chi connectivity index (χ1) is 12.0. The molecule has 1 aliphatic rings. The lowest BCUT2D eigenvalue weighted by Crippen LogP contribution is -2.37. The third kappa shape index (κ3) is 3.51. The van der Waals surface area contributed by atoms with Gasteiger partial charge in [0.25, 0.3) is 0 Å². The van der Waals surface area contributed by atoms with Gasteiger partial charge in [-0.05, 0) is 31.2 Å². The van der Waals surface area contributed by atoms with E-state index in [9.17, 15) is 9.59 Å². The molecule has 0 saturated carbocycles. The summed E-state index contributed by atoms with van der Waals surface area (Å²) in [5, 5.41) is 0.724. The van der Waals surface area contributed by atoms with Gasteiger partial charge < -0.3 is 9.80 Å². The van der Waals surface area contributed by atoms with Crippen LogP contribution >= 0.6 is 23.2 Å². The van der Waals surface area contributed by atoms with Crippen LogP contribution in [-0.4, -0.2) is 24.9 Å². The molecule has 1 aliphatic heterocycles. The first-order valence-corrected chi connectivity index (χ1v) is 8.89. The maximum atomic E-state index is 12.9. The molecular weight excluding hydrogens is 359 g/mol. The lowest BCUT2D eigenvalue weighted by molar-refractivity contribution is -0.124. The minimum Gasteiger partial charge on any atom is -0.312 e. The van der Waals surface area contributed by atoms with Gasteiger partial charge in [-0.2, -0.15) is 0 Å². The summed E-state index contributed by atoms with van der Waals surface area (Å²) < 4.78 is 0. The van der Waals surface area contributed by atoms with Crippen molar-refractivity contribution in [2.24, 2.45) is 5.92 Å². The Hall–Kier alpha value is -2.04. The molecule has 0 N–H and O–H groups in total. The van der Waals surface area contributed by atoms with Crippen molar-refractivity contribution in [1.29, 1.82) is 0 Å². The zero-order valence-electron chi connectivity index (χ0n) is 13.8. The van der Waals surface area contributed by atoms with Gasteiger partial charge in [-0.25, -0.2) is 0 Å². The van der Waals surface area contributed by atoms with Gasteiger partial charge in [0.1, 0.15) is 0 Å². The largest absolute Gasteiger partial charge is 0.312 e. The van der Waals surface area contributed by atoms with Crippen molar-refractivity contribution in [2.75, 3.05) is 22.9 Å². The number of nitrogens with zero attached hydrogens (tertiary/aromatic N) is 2. The summed E-state index contributed by atoms with van der Waals surface area (Å²) in [6, 6.07) is 14.6. The van der Waals surface area contributed by atoms with Gasteiger partial charge in [0.2, 0.25) is 11.8 Å². The standard InChI is InChI=1S/C19H18Cl2N2O2/c1-2-22(14-7-4-3-5-8-14)19(25)13-11-17(24)23(12-13)16-10-6-9-15(20)18(16)21/h3-10,13H,2,11-12H2,1H3. The summed E-state index contributed by atoms with van der Waals surface area (Å²) in [5.41, 5.74) is 1.39. The van der Waals surface area contributed by atoms with Crippen molar-refractivity contribution < 1.29 is 9.59 Å². The molecule has 1 unspecified atom stereocenters. The molecule has 1 heterocycles. The van der Waals surface area contributed by atoms with E-state index >= 15 is 0 Å². The molecule has 2 aromatic rings. The number of benzene rings is 2. The maximum Gasteiger partial charge on any atom is 0.232 e. The first-order valence-electron chi connectivity index (χ1n) is 8.13. The van der Waals surface area contributed by atoms with E-state index in [-0.39, 0.29) is 18.2 Å². The van der Waals surface area contributed by atoms with E-state index in [1.54, 1.807) is 28.0 Å². The van der Waals surface area contributed by atoms with Crippen LogP contribution < -0.4 is 9.80 Å². The highest BCUT2D eigenvalue weighted by molar-refractivity contribution is 6.44. The predicted octanol–water partition coefficient (Wildman–Crippen LogP) is 4.40. The Kier molecular flexibility index (Phi) is 5.30. The van der Waals surface area contributed by atoms with Gasteiger partial charge in [0.15, 0.2) is 0 Å². The van der Waals surface area contributed by atoms with E-state index in [4.69, 9.17) is 23.2 Å². The SMILES string of the molecule is CCN(C(=O)C1CC(=O)N(c2cccc(Cl)c2Cl)C1)c1ccccc1.